The van der Waals surface area contributed by atoms with E-state index in [0.29, 0.717) is 0 Å². The van der Waals surface area contributed by atoms with Gasteiger partial charge in [0.1, 0.15) is 12.7 Å². The van der Waals surface area contributed by atoms with Gasteiger partial charge in [0, 0.05) is 10.5 Å². The van der Waals surface area contributed by atoms with Crippen LogP contribution in [-0.2, 0) is 6.42 Å². The fourth-order valence-corrected chi connectivity index (χ4v) is 2.06. The molecule has 0 amide bonds. The quantitative estimate of drug-likeness (QED) is 0.935. The van der Waals surface area contributed by atoms with Gasteiger partial charge in [0.25, 0.3) is 0 Å². The first-order valence-corrected chi connectivity index (χ1v) is 5.85. The Kier molecular flexibility index (Phi) is 3.36. The molecule has 4 nitrogen and oxygen atoms in total. The Bertz CT molecular complexity index is 465. The number of hydrogen-bond donors (Lipinski definition) is 1. The number of aromatic nitrogens is 3. The van der Waals surface area contributed by atoms with Crippen LogP contribution in [0.25, 0.3) is 5.69 Å². The third kappa shape index (κ3) is 2.48. The third-order valence-electron chi connectivity index (χ3n) is 2.26. The molecular weight excluding hydrogens is 268 g/mol. The van der Waals surface area contributed by atoms with Gasteiger partial charge in [-0.2, -0.15) is 5.10 Å². The molecule has 2 rings (SSSR count). The Labute approximate surface area is 103 Å². The van der Waals surface area contributed by atoms with Crippen molar-refractivity contribution in [2.24, 2.45) is 5.73 Å². The van der Waals surface area contributed by atoms with Crippen LogP contribution < -0.4 is 5.73 Å². The molecule has 0 bridgehead atoms. The highest BCUT2D eigenvalue weighted by Gasteiger charge is 2.05. The molecule has 5 heteroatoms. The highest BCUT2D eigenvalue weighted by molar-refractivity contribution is 9.10. The first-order valence-electron chi connectivity index (χ1n) is 5.06. The molecule has 1 aromatic heterocycles. The van der Waals surface area contributed by atoms with E-state index in [-0.39, 0.29) is 6.04 Å². The molecule has 16 heavy (non-hydrogen) atoms. The molecule has 1 unspecified atom stereocenters. The highest BCUT2D eigenvalue weighted by Crippen LogP contribution is 2.21. The van der Waals surface area contributed by atoms with Crippen LogP contribution in [0.1, 0.15) is 12.5 Å². The van der Waals surface area contributed by atoms with Crippen molar-refractivity contribution in [2.45, 2.75) is 19.4 Å². The van der Waals surface area contributed by atoms with Crippen LogP contribution in [0.5, 0.6) is 0 Å². The zero-order valence-electron chi connectivity index (χ0n) is 8.97. The third-order valence-corrected chi connectivity index (χ3v) is 3.00. The largest absolute Gasteiger partial charge is 0.328 e. The minimum atomic E-state index is 0.161. The average Bonchev–Trinajstić information content (AvgIpc) is 2.73. The van der Waals surface area contributed by atoms with E-state index in [1.807, 2.05) is 19.1 Å². The van der Waals surface area contributed by atoms with Gasteiger partial charge in [-0.05, 0) is 31.0 Å². The molecule has 2 N–H and O–H groups in total. The van der Waals surface area contributed by atoms with E-state index in [1.165, 1.54) is 11.9 Å². The van der Waals surface area contributed by atoms with Crippen LogP contribution in [0.15, 0.2) is 35.3 Å². The van der Waals surface area contributed by atoms with Gasteiger partial charge in [-0.1, -0.05) is 22.0 Å². The summed E-state index contributed by atoms with van der Waals surface area (Å²) in [4.78, 5) is 3.92. The number of rotatable bonds is 3. The van der Waals surface area contributed by atoms with Crippen molar-refractivity contribution in [1.29, 1.82) is 0 Å². The molecule has 1 atom stereocenters. The highest BCUT2D eigenvalue weighted by atomic mass is 79.9. The van der Waals surface area contributed by atoms with Crippen molar-refractivity contribution in [3.05, 3.63) is 40.9 Å². The molecule has 0 saturated heterocycles. The number of nitrogens with zero attached hydrogens (tertiary/aromatic N) is 3. The van der Waals surface area contributed by atoms with E-state index in [2.05, 4.69) is 32.1 Å². The van der Waals surface area contributed by atoms with Crippen molar-refractivity contribution in [3.8, 4) is 5.69 Å². The molecule has 1 aromatic carbocycles. The SMILES string of the molecule is CC(N)Cc1ccc(-n2cncn2)cc1Br. The summed E-state index contributed by atoms with van der Waals surface area (Å²) in [6.45, 7) is 2.00. The Morgan fingerprint density at radius 2 is 2.31 bits per heavy atom. The number of hydrogen-bond acceptors (Lipinski definition) is 3. The van der Waals surface area contributed by atoms with E-state index in [9.17, 15) is 0 Å². The number of benzene rings is 1. The Hall–Kier alpha value is -1.20. The summed E-state index contributed by atoms with van der Waals surface area (Å²) in [5.74, 6) is 0. The van der Waals surface area contributed by atoms with Gasteiger partial charge in [0.2, 0.25) is 0 Å². The molecular formula is C11H13BrN4. The molecule has 0 aliphatic carbocycles. The summed E-state index contributed by atoms with van der Waals surface area (Å²) >= 11 is 3.54. The van der Waals surface area contributed by atoms with Crippen molar-refractivity contribution in [3.63, 3.8) is 0 Å². The Balaban J connectivity index is 2.29. The summed E-state index contributed by atoms with van der Waals surface area (Å²) in [7, 11) is 0. The second-order valence-electron chi connectivity index (χ2n) is 3.80. The Morgan fingerprint density at radius 3 is 2.88 bits per heavy atom. The molecule has 0 aliphatic rings. The van der Waals surface area contributed by atoms with Crippen LogP contribution >= 0.6 is 15.9 Å². The van der Waals surface area contributed by atoms with Crippen LogP contribution in [0.4, 0.5) is 0 Å². The predicted octanol–water partition coefficient (Wildman–Crippen LogP) is 1.92. The van der Waals surface area contributed by atoms with Crippen molar-refractivity contribution in [1.82, 2.24) is 14.8 Å². The van der Waals surface area contributed by atoms with Gasteiger partial charge in [0.05, 0.1) is 5.69 Å². The van der Waals surface area contributed by atoms with E-state index in [1.54, 1.807) is 11.0 Å². The smallest absolute Gasteiger partial charge is 0.138 e. The van der Waals surface area contributed by atoms with Gasteiger partial charge < -0.3 is 5.73 Å². The molecule has 0 radical (unpaired) electrons. The molecule has 84 valence electrons. The van der Waals surface area contributed by atoms with E-state index in [0.717, 1.165) is 16.6 Å². The van der Waals surface area contributed by atoms with Crippen LogP contribution in [0.2, 0.25) is 0 Å². The van der Waals surface area contributed by atoms with Crippen LogP contribution in [-0.4, -0.2) is 20.8 Å². The topological polar surface area (TPSA) is 56.7 Å². The number of nitrogens with two attached hydrogens (primary N) is 1. The standard InChI is InChI=1S/C11H13BrN4/c1-8(13)4-9-2-3-10(5-11(9)12)16-7-14-6-15-16/h2-3,5-8H,4,13H2,1H3. The lowest BCUT2D eigenvalue weighted by Gasteiger charge is -2.09. The Morgan fingerprint density at radius 1 is 1.50 bits per heavy atom. The second-order valence-corrected chi connectivity index (χ2v) is 4.65. The maximum atomic E-state index is 5.78. The molecule has 0 aliphatic heterocycles. The maximum absolute atomic E-state index is 5.78. The van der Waals surface area contributed by atoms with E-state index >= 15 is 0 Å². The average molecular weight is 281 g/mol. The predicted molar refractivity (Wildman–Crippen MR) is 66.4 cm³/mol. The van der Waals surface area contributed by atoms with Crippen LogP contribution in [0, 0.1) is 0 Å². The molecule has 1 heterocycles. The summed E-state index contributed by atoms with van der Waals surface area (Å²) in [5.41, 5.74) is 7.97. The molecule has 0 saturated carbocycles. The first-order chi connectivity index (χ1) is 7.66. The normalized spacial score (nSPS) is 12.7. The van der Waals surface area contributed by atoms with Crippen molar-refractivity contribution >= 4 is 15.9 Å². The minimum absolute atomic E-state index is 0.161. The van der Waals surface area contributed by atoms with Gasteiger partial charge >= 0.3 is 0 Å². The zero-order valence-corrected chi connectivity index (χ0v) is 10.6. The summed E-state index contributed by atoms with van der Waals surface area (Å²) in [5, 5.41) is 4.08. The fraction of sp³-hybridized carbons (Fsp3) is 0.273. The monoisotopic (exact) mass is 280 g/mol. The maximum Gasteiger partial charge on any atom is 0.138 e. The van der Waals surface area contributed by atoms with Crippen LogP contribution in [0.3, 0.4) is 0 Å². The van der Waals surface area contributed by atoms with Gasteiger partial charge in [0.15, 0.2) is 0 Å². The number of halogens is 1. The van der Waals surface area contributed by atoms with E-state index in [4.69, 9.17) is 5.73 Å². The van der Waals surface area contributed by atoms with Gasteiger partial charge in [-0.25, -0.2) is 9.67 Å². The molecule has 0 fully saturated rings. The lowest BCUT2D eigenvalue weighted by Crippen LogP contribution is -2.18. The van der Waals surface area contributed by atoms with Gasteiger partial charge in [-0.15, -0.1) is 0 Å². The molecule has 2 aromatic rings. The van der Waals surface area contributed by atoms with E-state index < -0.39 is 0 Å². The fourth-order valence-electron chi connectivity index (χ4n) is 1.53. The summed E-state index contributed by atoms with van der Waals surface area (Å²) < 4.78 is 2.78. The zero-order chi connectivity index (χ0) is 11.5. The lowest BCUT2D eigenvalue weighted by atomic mass is 10.1. The van der Waals surface area contributed by atoms with Crippen molar-refractivity contribution < 1.29 is 0 Å². The lowest BCUT2D eigenvalue weighted by molar-refractivity contribution is 0.735. The summed E-state index contributed by atoms with van der Waals surface area (Å²) in [6, 6.07) is 6.25. The molecule has 0 spiro atoms. The second kappa shape index (κ2) is 4.76. The van der Waals surface area contributed by atoms with Crippen molar-refractivity contribution in [2.75, 3.05) is 0 Å². The minimum Gasteiger partial charge on any atom is -0.328 e. The summed E-state index contributed by atoms with van der Waals surface area (Å²) in [6.07, 6.45) is 4.05. The van der Waals surface area contributed by atoms with Gasteiger partial charge in [-0.3, -0.25) is 0 Å². The first kappa shape index (κ1) is 11.3.